The van der Waals surface area contributed by atoms with E-state index in [1.54, 1.807) is 48.5 Å². The summed E-state index contributed by atoms with van der Waals surface area (Å²) in [6.45, 7) is 2.08. The Labute approximate surface area is 237 Å². The fraction of sp³-hybridized carbons (Fsp3) is 0.241. The quantitative estimate of drug-likeness (QED) is 0.210. The van der Waals surface area contributed by atoms with E-state index in [1.807, 2.05) is 4.90 Å². The van der Waals surface area contributed by atoms with Gasteiger partial charge in [0.25, 0.3) is 11.7 Å². The van der Waals surface area contributed by atoms with Crippen molar-refractivity contribution in [1.82, 2.24) is 14.5 Å². The SMILES string of the molecule is Cn1c(C(F)(F)F)cc(-c2ccccc2)c1C(=O)C(=O)Nc1ccc2c(c1)OC[C@H]1CN(c3ncc(F)cn3)CCN21. The van der Waals surface area contributed by atoms with Gasteiger partial charge in [0.1, 0.15) is 23.7 Å². The molecule has 2 aliphatic heterocycles. The number of halogens is 4. The molecule has 9 nitrogen and oxygen atoms in total. The van der Waals surface area contributed by atoms with Gasteiger partial charge in [-0.25, -0.2) is 14.4 Å². The first-order valence-electron chi connectivity index (χ1n) is 13.0. The van der Waals surface area contributed by atoms with Crippen molar-refractivity contribution in [3.8, 4) is 16.9 Å². The van der Waals surface area contributed by atoms with Crippen molar-refractivity contribution in [2.75, 3.05) is 41.4 Å². The number of fused-ring (bicyclic) bond motifs is 3. The molecule has 0 unspecified atom stereocenters. The van der Waals surface area contributed by atoms with Crippen molar-refractivity contribution in [3.05, 3.63) is 84.2 Å². The molecule has 0 bridgehead atoms. The second-order valence-corrected chi connectivity index (χ2v) is 9.99. The Morgan fingerprint density at radius 3 is 2.48 bits per heavy atom. The number of amides is 1. The van der Waals surface area contributed by atoms with Crippen molar-refractivity contribution in [1.29, 1.82) is 0 Å². The zero-order chi connectivity index (χ0) is 29.6. The minimum atomic E-state index is -4.72. The Kier molecular flexibility index (Phi) is 6.79. The number of ketones is 1. The molecule has 42 heavy (non-hydrogen) atoms. The van der Waals surface area contributed by atoms with Crippen LogP contribution in [0.25, 0.3) is 11.1 Å². The summed E-state index contributed by atoms with van der Waals surface area (Å²) in [7, 11) is 1.11. The lowest BCUT2D eigenvalue weighted by molar-refractivity contribution is -0.143. The molecule has 216 valence electrons. The van der Waals surface area contributed by atoms with Crippen LogP contribution in [0, 0.1) is 5.82 Å². The Balaban J connectivity index is 1.20. The van der Waals surface area contributed by atoms with E-state index >= 15 is 0 Å². The zero-order valence-electron chi connectivity index (χ0n) is 22.2. The number of Topliss-reactive ketones (excluding diaryl/α,β-unsaturated/α-hetero) is 1. The Bertz CT molecular complexity index is 1660. The molecule has 6 rings (SSSR count). The number of rotatable bonds is 5. The number of ether oxygens (including phenoxy) is 1. The average Bonchev–Trinajstić information content (AvgIpc) is 3.34. The third kappa shape index (κ3) is 5.01. The molecule has 0 saturated carbocycles. The highest BCUT2D eigenvalue weighted by Crippen LogP contribution is 2.39. The minimum Gasteiger partial charge on any atom is -0.489 e. The van der Waals surface area contributed by atoms with E-state index in [9.17, 15) is 27.2 Å². The van der Waals surface area contributed by atoms with E-state index in [0.717, 1.165) is 31.2 Å². The number of nitrogens with one attached hydrogen (secondary N) is 1. The number of carbonyl (C=O) groups excluding carboxylic acids is 2. The fourth-order valence-electron chi connectivity index (χ4n) is 5.38. The molecule has 1 saturated heterocycles. The number of piperazine rings is 1. The van der Waals surface area contributed by atoms with Gasteiger partial charge in [-0.15, -0.1) is 0 Å². The summed E-state index contributed by atoms with van der Waals surface area (Å²) in [5.41, 5.74) is 0.0267. The maximum atomic E-state index is 13.7. The van der Waals surface area contributed by atoms with Crippen molar-refractivity contribution < 1.29 is 31.9 Å². The summed E-state index contributed by atoms with van der Waals surface area (Å²) in [6, 6.07) is 13.9. The van der Waals surface area contributed by atoms with Crippen LogP contribution in [0.1, 0.15) is 16.2 Å². The number of alkyl halides is 3. The van der Waals surface area contributed by atoms with Gasteiger partial charge < -0.3 is 24.4 Å². The highest BCUT2D eigenvalue weighted by atomic mass is 19.4. The van der Waals surface area contributed by atoms with Gasteiger partial charge in [-0.3, -0.25) is 9.59 Å². The molecular formula is C29H24F4N6O3. The molecule has 0 aliphatic carbocycles. The largest absolute Gasteiger partial charge is 0.489 e. The second kappa shape index (κ2) is 10.5. The van der Waals surface area contributed by atoms with Gasteiger partial charge in [-0.2, -0.15) is 13.2 Å². The van der Waals surface area contributed by atoms with E-state index < -0.39 is 29.4 Å². The number of nitrogens with zero attached hydrogens (tertiary/aromatic N) is 5. The van der Waals surface area contributed by atoms with Crippen molar-refractivity contribution in [2.45, 2.75) is 12.2 Å². The topological polar surface area (TPSA) is 92.6 Å². The van der Waals surface area contributed by atoms with E-state index in [1.165, 1.54) is 0 Å². The number of benzene rings is 2. The summed E-state index contributed by atoms with van der Waals surface area (Å²) in [5.74, 6) is -1.77. The molecule has 13 heteroatoms. The highest BCUT2D eigenvalue weighted by Gasteiger charge is 2.38. The maximum absolute atomic E-state index is 13.7. The molecule has 2 aromatic heterocycles. The lowest BCUT2D eigenvalue weighted by Crippen LogP contribution is -2.57. The lowest BCUT2D eigenvalue weighted by atomic mass is 10.0. The minimum absolute atomic E-state index is 0.00979. The predicted octanol–water partition coefficient (Wildman–Crippen LogP) is 4.55. The number of aromatic nitrogens is 3. The van der Waals surface area contributed by atoms with Crippen LogP contribution < -0.4 is 19.9 Å². The molecule has 0 radical (unpaired) electrons. The zero-order valence-corrected chi connectivity index (χ0v) is 22.2. The normalized spacial score (nSPS) is 16.4. The molecule has 2 aromatic carbocycles. The first-order chi connectivity index (χ1) is 20.1. The fourth-order valence-corrected chi connectivity index (χ4v) is 5.38. The molecule has 2 aliphatic rings. The van der Waals surface area contributed by atoms with Gasteiger partial charge in [-0.05, 0) is 23.8 Å². The van der Waals surface area contributed by atoms with Gasteiger partial charge in [0.15, 0.2) is 5.82 Å². The van der Waals surface area contributed by atoms with Crippen LogP contribution in [0.5, 0.6) is 5.75 Å². The Hall–Kier alpha value is -4.94. The molecule has 4 aromatic rings. The molecular weight excluding hydrogens is 556 g/mol. The van der Waals surface area contributed by atoms with Gasteiger partial charge in [0.05, 0.1) is 24.1 Å². The van der Waals surface area contributed by atoms with Crippen LogP contribution in [-0.2, 0) is 18.0 Å². The predicted molar refractivity (Wildman–Crippen MR) is 146 cm³/mol. The molecule has 1 amide bonds. The van der Waals surface area contributed by atoms with Gasteiger partial charge >= 0.3 is 6.18 Å². The first-order valence-corrected chi connectivity index (χ1v) is 13.0. The molecule has 1 atom stereocenters. The number of hydrogen-bond donors (Lipinski definition) is 1. The smallest absolute Gasteiger partial charge is 0.431 e. The van der Waals surface area contributed by atoms with Crippen LogP contribution in [0.15, 0.2) is 67.0 Å². The summed E-state index contributed by atoms with van der Waals surface area (Å²) >= 11 is 0. The van der Waals surface area contributed by atoms with Gasteiger partial charge in [-0.1, -0.05) is 30.3 Å². The summed E-state index contributed by atoms with van der Waals surface area (Å²) in [6.07, 6.45) is -2.48. The van der Waals surface area contributed by atoms with Crippen molar-refractivity contribution in [2.24, 2.45) is 7.05 Å². The van der Waals surface area contributed by atoms with E-state index in [0.29, 0.717) is 48.1 Å². The monoisotopic (exact) mass is 580 g/mol. The molecule has 0 spiro atoms. The first kappa shape index (κ1) is 27.2. The summed E-state index contributed by atoms with van der Waals surface area (Å²) in [4.78, 5) is 38.5. The average molecular weight is 581 g/mol. The van der Waals surface area contributed by atoms with Crippen LogP contribution in [-0.4, -0.2) is 58.5 Å². The summed E-state index contributed by atoms with van der Waals surface area (Å²) in [5, 5.41) is 2.51. The summed E-state index contributed by atoms with van der Waals surface area (Å²) < 4.78 is 61.0. The standard InChI is InChI=1S/C29H24F4N6O3/c1-37-24(29(31,32)33)12-21(17-5-3-2-4-6-17)25(37)26(40)27(41)36-19-7-8-22-23(11-19)42-16-20-15-38(9-10-39(20)22)28-34-13-18(30)14-35-28/h2-8,11-14,20H,9-10,15-16H2,1H3,(H,36,41)/t20-/m1/s1. The Morgan fingerprint density at radius 2 is 1.76 bits per heavy atom. The van der Waals surface area contributed by atoms with Crippen LogP contribution in [0.2, 0.25) is 0 Å². The lowest BCUT2D eigenvalue weighted by Gasteiger charge is -2.45. The highest BCUT2D eigenvalue weighted by molar-refractivity contribution is 6.47. The third-order valence-electron chi connectivity index (χ3n) is 7.36. The number of carbonyl (C=O) groups is 2. The molecule has 1 N–H and O–H groups in total. The van der Waals surface area contributed by atoms with E-state index in [2.05, 4.69) is 20.2 Å². The Morgan fingerprint density at radius 1 is 1.02 bits per heavy atom. The van der Waals surface area contributed by atoms with Crippen LogP contribution in [0.4, 0.5) is 34.9 Å². The van der Waals surface area contributed by atoms with Crippen LogP contribution >= 0.6 is 0 Å². The van der Waals surface area contributed by atoms with Crippen molar-refractivity contribution in [3.63, 3.8) is 0 Å². The number of hydrogen-bond acceptors (Lipinski definition) is 7. The van der Waals surface area contributed by atoms with Crippen LogP contribution in [0.3, 0.4) is 0 Å². The number of anilines is 3. The van der Waals surface area contributed by atoms with E-state index in [4.69, 9.17) is 4.74 Å². The third-order valence-corrected chi connectivity index (χ3v) is 7.36. The molecule has 1 fully saturated rings. The van der Waals surface area contributed by atoms with Gasteiger partial charge in [0, 0.05) is 44.0 Å². The van der Waals surface area contributed by atoms with Crippen molar-refractivity contribution >= 4 is 29.0 Å². The van der Waals surface area contributed by atoms with Gasteiger partial charge in [0.2, 0.25) is 5.95 Å². The molecule has 4 heterocycles. The maximum Gasteiger partial charge on any atom is 0.431 e. The van der Waals surface area contributed by atoms with E-state index in [-0.39, 0.29) is 23.0 Å². The second-order valence-electron chi connectivity index (χ2n) is 9.99.